The molecule has 2 aromatic carbocycles. The van der Waals surface area contributed by atoms with E-state index in [-0.39, 0.29) is 24.2 Å². The number of hydrogen-bond acceptors (Lipinski definition) is 5. The Morgan fingerprint density at radius 3 is 2.36 bits per heavy atom. The summed E-state index contributed by atoms with van der Waals surface area (Å²) in [5.74, 6) is 0.600. The Morgan fingerprint density at radius 2 is 1.68 bits per heavy atom. The molecular weight excluding hydrogens is 382 g/mol. The molecule has 0 aliphatic rings. The SMILES string of the molecule is COc1cc2nccc(NC(=O)c3cccc(NC(C)=O)c3)c2cc1OC.Cl. The van der Waals surface area contributed by atoms with Crippen molar-refractivity contribution in [1.29, 1.82) is 0 Å². The molecule has 0 saturated carbocycles. The van der Waals surface area contributed by atoms with Gasteiger partial charge in [0, 0.05) is 35.8 Å². The lowest BCUT2D eigenvalue weighted by Crippen LogP contribution is -2.13. The molecule has 0 spiro atoms. The van der Waals surface area contributed by atoms with E-state index < -0.39 is 0 Å². The number of nitrogens with one attached hydrogen (secondary N) is 2. The molecular formula is C20H20ClN3O4. The van der Waals surface area contributed by atoms with Crippen LogP contribution in [0.5, 0.6) is 11.5 Å². The van der Waals surface area contributed by atoms with E-state index in [0.717, 1.165) is 5.39 Å². The zero-order valence-electron chi connectivity index (χ0n) is 15.6. The summed E-state index contributed by atoms with van der Waals surface area (Å²) in [6, 6.07) is 11.9. The molecule has 1 aromatic heterocycles. The zero-order chi connectivity index (χ0) is 19.4. The van der Waals surface area contributed by atoms with Gasteiger partial charge in [-0.15, -0.1) is 12.4 Å². The van der Waals surface area contributed by atoms with Crippen LogP contribution in [-0.2, 0) is 4.79 Å². The molecule has 8 heteroatoms. The summed E-state index contributed by atoms with van der Waals surface area (Å²) in [7, 11) is 3.10. The van der Waals surface area contributed by atoms with E-state index in [1.165, 1.54) is 6.92 Å². The zero-order valence-corrected chi connectivity index (χ0v) is 16.4. The molecule has 146 valence electrons. The number of ether oxygens (including phenoxy) is 2. The summed E-state index contributed by atoms with van der Waals surface area (Å²) in [5, 5.41) is 6.27. The second kappa shape index (κ2) is 9.05. The van der Waals surface area contributed by atoms with Gasteiger partial charge in [0.15, 0.2) is 11.5 Å². The molecule has 0 aliphatic heterocycles. The first kappa shape index (κ1) is 21.0. The van der Waals surface area contributed by atoms with Crippen molar-refractivity contribution >= 4 is 46.5 Å². The fourth-order valence-corrected chi connectivity index (χ4v) is 2.72. The lowest BCUT2D eigenvalue weighted by molar-refractivity contribution is -0.114. The quantitative estimate of drug-likeness (QED) is 0.677. The average Bonchev–Trinajstić information content (AvgIpc) is 2.66. The number of carbonyl (C=O) groups is 2. The van der Waals surface area contributed by atoms with Crippen molar-refractivity contribution < 1.29 is 19.1 Å². The van der Waals surface area contributed by atoms with Gasteiger partial charge in [0.1, 0.15) is 0 Å². The normalized spacial score (nSPS) is 9.96. The minimum atomic E-state index is -0.301. The van der Waals surface area contributed by atoms with E-state index in [9.17, 15) is 9.59 Å². The van der Waals surface area contributed by atoms with Crippen molar-refractivity contribution in [1.82, 2.24) is 4.98 Å². The number of halogens is 1. The van der Waals surface area contributed by atoms with Gasteiger partial charge < -0.3 is 20.1 Å². The summed E-state index contributed by atoms with van der Waals surface area (Å²) >= 11 is 0. The van der Waals surface area contributed by atoms with Crippen molar-refractivity contribution in [3.8, 4) is 11.5 Å². The maximum atomic E-state index is 12.7. The highest BCUT2D eigenvalue weighted by Crippen LogP contribution is 2.34. The van der Waals surface area contributed by atoms with Gasteiger partial charge in [0.25, 0.3) is 5.91 Å². The number of carbonyl (C=O) groups excluding carboxylic acids is 2. The Labute approximate surface area is 168 Å². The van der Waals surface area contributed by atoms with Gasteiger partial charge in [-0.3, -0.25) is 14.6 Å². The van der Waals surface area contributed by atoms with Crippen LogP contribution in [-0.4, -0.2) is 31.0 Å². The third-order valence-corrected chi connectivity index (χ3v) is 3.94. The van der Waals surface area contributed by atoms with Crippen LogP contribution in [0.4, 0.5) is 11.4 Å². The topological polar surface area (TPSA) is 89.5 Å². The van der Waals surface area contributed by atoms with Gasteiger partial charge in [-0.1, -0.05) is 6.07 Å². The van der Waals surface area contributed by atoms with Crippen LogP contribution in [0.15, 0.2) is 48.7 Å². The fraction of sp³-hybridized carbons (Fsp3) is 0.150. The summed E-state index contributed by atoms with van der Waals surface area (Å²) in [6.45, 7) is 1.41. The maximum absolute atomic E-state index is 12.7. The molecule has 0 atom stereocenters. The molecule has 2 N–H and O–H groups in total. The smallest absolute Gasteiger partial charge is 0.255 e. The highest BCUT2D eigenvalue weighted by Gasteiger charge is 2.13. The number of methoxy groups -OCH3 is 2. The van der Waals surface area contributed by atoms with Gasteiger partial charge in [0.05, 0.1) is 25.4 Å². The number of amides is 2. The fourth-order valence-electron chi connectivity index (χ4n) is 2.72. The standard InChI is InChI=1S/C20H19N3O4.ClH/c1-12(24)22-14-6-4-5-13(9-14)20(25)23-16-7-8-21-17-11-19(27-3)18(26-2)10-15(16)17;/h4-11H,1-3H3,(H,22,24)(H,21,23,25);1H. The molecule has 0 aliphatic carbocycles. The summed E-state index contributed by atoms with van der Waals surface area (Å²) in [6.07, 6.45) is 1.61. The highest BCUT2D eigenvalue weighted by atomic mass is 35.5. The Bertz CT molecular complexity index is 1020. The van der Waals surface area contributed by atoms with E-state index in [1.807, 2.05) is 0 Å². The predicted molar refractivity (Wildman–Crippen MR) is 111 cm³/mol. The van der Waals surface area contributed by atoms with Gasteiger partial charge in [0.2, 0.25) is 5.91 Å². The molecule has 2 amide bonds. The predicted octanol–water partition coefficient (Wildman–Crippen LogP) is 3.88. The summed E-state index contributed by atoms with van der Waals surface area (Å²) < 4.78 is 10.6. The van der Waals surface area contributed by atoms with Crippen molar-refractivity contribution in [2.45, 2.75) is 6.92 Å². The molecule has 0 bridgehead atoms. The second-order valence-electron chi connectivity index (χ2n) is 5.80. The number of rotatable bonds is 5. The van der Waals surface area contributed by atoms with Crippen LogP contribution >= 0.6 is 12.4 Å². The van der Waals surface area contributed by atoms with Gasteiger partial charge >= 0.3 is 0 Å². The Hall–Kier alpha value is -3.32. The lowest BCUT2D eigenvalue weighted by atomic mass is 10.1. The molecule has 28 heavy (non-hydrogen) atoms. The van der Waals surface area contributed by atoms with E-state index >= 15 is 0 Å². The third kappa shape index (κ3) is 4.50. The summed E-state index contributed by atoms with van der Waals surface area (Å²) in [5.41, 5.74) is 2.24. The van der Waals surface area contributed by atoms with Gasteiger partial charge in [-0.2, -0.15) is 0 Å². The van der Waals surface area contributed by atoms with Crippen molar-refractivity contribution in [2.75, 3.05) is 24.9 Å². The largest absolute Gasteiger partial charge is 0.493 e. The molecule has 7 nitrogen and oxygen atoms in total. The van der Waals surface area contributed by atoms with Crippen LogP contribution in [0.2, 0.25) is 0 Å². The number of anilines is 2. The van der Waals surface area contributed by atoms with E-state index in [2.05, 4.69) is 15.6 Å². The van der Waals surface area contributed by atoms with E-state index in [4.69, 9.17) is 9.47 Å². The first-order chi connectivity index (χ1) is 13.0. The van der Waals surface area contributed by atoms with Crippen molar-refractivity contribution in [3.05, 3.63) is 54.2 Å². The average molecular weight is 402 g/mol. The van der Waals surface area contributed by atoms with Crippen molar-refractivity contribution in [2.24, 2.45) is 0 Å². The number of fused-ring (bicyclic) bond motifs is 1. The minimum Gasteiger partial charge on any atom is -0.493 e. The van der Waals surface area contributed by atoms with Crippen LogP contribution in [0.3, 0.4) is 0 Å². The van der Waals surface area contributed by atoms with Gasteiger partial charge in [-0.05, 0) is 30.3 Å². The minimum absolute atomic E-state index is 0. The Kier molecular flexibility index (Phi) is 6.79. The number of benzene rings is 2. The maximum Gasteiger partial charge on any atom is 0.255 e. The molecule has 0 fully saturated rings. The molecule has 0 saturated heterocycles. The highest BCUT2D eigenvalue weighted by molar-refractivity contribution is 6.09. The number of nitrogens with zero attached hydrogens (tertiary/aromatic N) is 1. The summed E-state index contributed by atoms with van der Waals surface area (Å²) in [4.78, 5) is 28.2. The number of pyridine rings is 1. The Morgan fingerprint density at radius 1 is 0.964 bits per heavy atom. The Balaban J connectivity index is 0.00000280. The van der Waals surface area contributed by atoms with E-state index in [1.54, 1.807) is 62.9 Å². The van der Waals surface area contributed by atoms with Crippen LogP contribution in [0.1, 0.15) is 17.3 Å². The lowest BCUT2D eigenvalue weighted by Gasteiger charge is -2.12. The molecule has 3 aromatic rings. The molecule has 1 heterocycles. The van der Waals surface area contributed by atoms with Crippen LogP contribution in [0.25, 0.3) is 10.9 Å². The molecule has 0 unspecified atom stereocenters. The van der Waals surface area contributed by atoms with Gasteiger partial charge in [-0.25, -0.2) is 0 Å². The van der Waals surface area contributed by atoms with E-state index in [0.29, 0.717) is 34.0 Å². The van der Waals surface area contributed by atoms with Crippen LogP contribution in [0, 0.1) is 0 Å². The van der Waals surface area contributed by atoms with Crippen LogP contribution < -0.4 is 20.1 Å². The molecule has 3 rings (SSSR count). The molecule has 0 radical (unpaired) electrons. The second-order valence-corrected chi connectivity index (χ2v) is 5.80. The van der Waals surface area contributed by atoms with Crippen molar-refractivity contribution in [3.63, 3.8) is 0 Å². The monoisotopic (exact) mass is 401 g/mol. The number of hydrogen-bond donors (Lipinski definition) is 2. The number of aromatic nitrogens is 1. The first-order valence-electron chi connectivity index (χ1n) is 8.21. The first-order valence-corrected chi connectivity index (χ1v) is 8.21. The third-order valence-electron chi connectivity index (χ3n) is 3.94.